The van der Waals surface area contributed by atoms with E-state index in [1.54, 1.807) is 0 Å². The van der Waals surface area contributed by atoms with E-state index in [0.717, 1.165) is 6.92 Å². The summed E-state index contributed by atoms with van der Waals surface area (Å²) < 4.78 is 69.5. The van der Waals surface area contributed by atoms with Crippen LogP contribution in [-0.4, -0.2) is 37.3 Å². The fraction of sp³-hybridized carbons (Fsp3) is 0.818. The van der Waals surface area contributed by atoms with Crippen LogP contribution in [0.3, 0.4) is 0 Å². The molecule has 0 aliphatic rings. The molecule has 0 fully saturated rings. The minimum Gasteiger partial charge on any atom is -0.465 e. The van der Waals surface area contributed by atoms with E-state index in [4.69, 9.17) is 0 Å². The van der Waals surface area contributed by atoms with Gasteiger partial charge in [-0.25, -0.2) is 0 Å². The predicted octanol–water partition coefficient (Wildman–Crippen LogP) is 2.71. The minimum atomic E-state index is -5.80. The molecular weight excluding hydrogens is 291 g/mol. The van der Waals surface area contributed by atoms with Crippen molar-refractivity contribution in [2.75, 3.05) is 13.2 Å². The van der Waals surface area contributed by atoms with Crippen LogP contribution in [-0.2, 0) is 19.1 Å². The number of rotatable bonds is 6. The van der Waals surface area contributed by atoms with Crippen molar-refractivity contribution >= 4 is 11.9 Å². The van der Waals surface area contributed by atoms with E-state index < -0.39 is 42.7 Å². The first-order valence-electron chi connectivity index (χ1n) is 5.61. The van der Waals surface area contributed by atoms with E-state index in [9.17, 15) is 31.5 Å². The van der Waals surface area contributed by atoms with Crippen molar-refractivity contribution in [1.82, 2.24) is 0 Å². The van der Waals surface area contributed by atoms with Gasteiger partial charge >= 0.3 is 24.0 Å². The van der Waals surface area contributed by atoms with Crippen LogP contribution in [0.4, 0.5) is 22.0 Å². The first-order valence-corrected chi connectivity index (χ1v) is 5.61. The maximum Gasteiger partial charge on any atom is 0.456 e. The summed E-state index contributed by atoms with van der Waals surface area (Å²) in [4.78, 5) is 22.2. The third kappa shape index (κ3) is 4.93. The van der Waals surface area contributed by atoms with E-state index >= 15 is 0 Å². The van der Waals surface area contributed by atoms with Crippen molar-refractivity contribution in [2.45, 2.75) is 39.3 Å². The zero-order chi connectivity index (χ0) is 16.2. The van der Waals surface area contributed by atoms with Gasteiger partial charge in [-0.15, -0.1) is 0 Å². The normalized spacial score (nSPS) is 15.4. The van der Waals surface area contributed by atoms with Gasteiger partial charge in [0.15, 0.2) is 6.61 Å². The Kier molecular flexibility index (Phi) is 5.91. The summed E-state index contributed by atoms with van der Waals surface area (Å²) in [5.41, 5.74) is -1.48. The summed E-state index contributed by atoms with van der Waals surface area (Å²) in [6.45, 7) is 1.22. The van der Waals surface area contributed by atoms with Gasteiger partial charge in [0.05, 0.1) is 5.41 Å². The molecule has 0 amide bonds. The average Bonchev–Trinajstić information content (AvgIpc) is 2.31. The lowest BCUT2D eigenvalue weighted by Crippen LogP contribution is -2.44. The summed E-state index contributed by atoms with van der Waals surface area (Å²) in [5.74, 6) is -7.12. The lowest BCUT2D eigenvalue weighted by Gasteiger charge is -2.27. The summed E-state index contributed by atoms with van der Waals surface area (Å²) in [5, 5.41) is 0. The standard InChI is InChI=1S/C11H15F5O4/c1-4-9(3,5-19-7(2)17)8(18)20-6-10(12,13)11(14,15)16/h4-6H2,1-3H3. The third-order valence-electron chi connectivity index (χ3n) is 2.67. The third-order valence-corrected chi connectivity index (χ3v) is 2.67. The van der Waals surface area contributed by atoms with Crippen molar-refractivity contribution in [2.24, 2.45) is 5.41 Å². The summed E-state index contributed by atoms with van der Waals surface area (Å²) in [6.07, 6.45) is -5.76. The minimum absolute atomic E-state index is 0.0384. The molecule has 0 saturated carbocycles. The molecule has 118 valence electrons. The molecule has 0 aromatic carbocycles. The summed E-state index contributed by atoms with van der Waals surface area (Å²) >= 11 is 0. The number of carbonyl (C=O) groups is 2. The zero-order valence-electron chi connectivity index (χ0n) is 11.1. The number of halogens is 5. The van der Waals surface area contributed by atoms with Gasteiger partial charge in [0.1, 0.15) is 6.61 Å². The Morgan fingerprint density at radius 2 is 1.50 bits per heavy atom. The lowest BCUT2D eigenvalue weighted by atomic mass is 9.89. The fourth-order valence-corrected chi connectivity index (χ4v) is 0.978. The van der Waals surface area contributed by atoms with Crippen LogP contribution in [0.15, 0.2) is 0 Å². The molecule has 4 nitrogen and oxygen atoms in total. The van der Waals surface area contributed by atoms with Gasteiger partial charge in [-0.1, -0.05) is 6.92 Å². The van der Waals surface area contributed by atoms with E-state index in [-0.39, 0.29) is 6.42 Å². The second kappa shape index (κ2) is 6.36. The van der Waals surface area contributed by atoms with Gasteiger partial charge in [0.2, 0.25) is 0 Å². The van der Waals surface area contributed by atoms with Crippen LogP contribution in [0.1, 0.15) is 27.2 Å². The Balaban J connectivity index is 4.69. The van der Waals surface area contributed by atoms with Gasteiger partial charge in [-0.3, -0.25) is 9.59 Å². The van der Waals surface area contributed by atoms with Crippen molar-refractivity contribution in [3.05, 3.63) is 0 Å². The van der Waals surface area contributed by atoms with E-state index in [1.807, 2.05) is 0 Å². The highest BCUT2D eigenvalue weighted by atomic mass is 19.4. The van der Waals surface area contributed by atoms with Gasteiger partial charge in [0.25, 0.3) is 0 Å². The number of carbonyl (C=O) groups excluding carboxylic acids is 2. The second-order valence-electron chi connectivity index (χ2n) is 4.47. The molecule has 0 N–H and O–H groups in total. The SMILES string of the molecule is CCC(C)(COC(C)=O)C(=O)OCC(F)(F)C(F)(F)F. The van der Waals surface area contributed by atoms with Gasteiger partial charge in [-0.2, -0.15) is 22.0 Å². The molecule has 20 heavy (non-hydrogen) atoms. The predicted molar refractivity (Wildman–Crippen MR) is 57.0 cm³/mol. The number of hydrogen-bond donors (Lipinski definition) is 0. The number of ether oxygens (including phenoxy) is 2. The molecule has 1 atom stereocenters. The molecule has 9 heteroatoms. The first kappa shape index (κ1) is 18.6. The topological polar surface area (TPSA) is 52.6 Å². The Hall–Kier alpha value is -1.41. The van der Waals surface area contributed by atoms with Crippen LogP contribution in [0.5, 0.6) is 0 Å². The van der Waals surface area contributed by atoms with Crippen LogP contribution >= 0.6 is 0 Å². The highest BCUT2D eigenvalue weighted by Crippen LogP contribution is 2.36. The van der Waals surface area contributed by atoms with Crippen LogP contribution < -0.4 is 0 Å². The molecule has 0 aliphatic heterocycles. The molecule has 1 unspecified atom stereocenters. The molecule has 0 bridgehead atoms. The maximum absolute atomic E-state index is 12.6. The van der Waals surface area contributed by atoms with Crippen molar-refractivity contribution in [3.8, 4) is 0 Å². The summed E-state index contributed by atoms with van der Waals surface area (Å²) in [7, 11) is 0. The van der Waals surface area contributed by atoms with Crippen molar-refractivity contribution in [3.63, 3.8) is 0 Å². The average molecular weight is 306 g/mol. The molecule has 0 radical (unpaired) electrons. The molecule has 0 saturated heterocycles. The van der Waals surface area contributed by atoms with Gasteiger partial charge < -0.3 is 9.47 Å². The summed E-state index contributed by atoms with van der Waals surface area (Å²) in [6, 6.07) is 0. The monoisotopic (exact) mass is 306 g/mol. The smallest absolute Gasteiger partial charge is 0.456 e. The van der Waals surface area contributed by atoms with Crippen LogP contribution in [0.25, 0.3) is 0 Å². The lowest BCUT2D eigenvalue weighted by molar-refractivity contribution is -0.295. The highest BCUT2D eigenvalue weighted by Gasteiger charge is 2.58. The maximum atomic E-state index is 12.6. The van der Waals surface area contributed by atoms with Crippen LogP contribution in [0, 0.1) is 5.41 Å². The molecule has 0 aromatic rings. The van der Waals surface area contributed by atoms with Crippen molar-refractivity contribution < 1.29 is 41.0 Å². The Labute approximate surface area is 112 Å². The zero-order valence-corrected chi connectivity index (χ0v) is 11.1. The quantitative estimate of drug-likeness (QED) is 0.559. The molecular formula is C11H15F5O4. The Bertz CT molecular complexity index is 366. The molecule has 0 heterocycles. The number of esters is 2. The van der Waals surface area contributed by atoms with E-state index in [1.165, 1.54) is 13.8 Å². The van der Waals surface area contributed by atoms with E-state index in [2.05, 4.69) is 9.47 Å². The van der Waals surface area contributed by atoms with Crippen molar-refractivity contribution in [1.29, 1.82) is 0 Å². The molecule has 0 spiro atoms. The van der Waals surface area contributed by atoms with Crippen LogP contribution in [0.2, 0.25) is 0 Å². The Morgan fingerprint density at radius 3 is 1.85 bits per heavy atom. The highest BCUT2D eigenvalue weighted by molar-refractivity contribution is 5.77. The Morgan fingerprint density at radius 1 is 1.00 bits per heavy atom. The molecule has 0 rings (SSSR count). The molecule has 0 aromatic heterocycles. The second-order valence-corrected chi connectivity index (χ2v) is 4.47. The number of alkyl halides is 5. The van der Waals surface area contributed by atoms with Gasteiger partial charge in [-0.05, 0) is 13.3 Å². The van der Waals surface area contributed by atoms with Gasteiger partial charge in [0, 0.05) is 6.92 Å². The fourth-order valence-electron chi connectivity index (χ4n) is 0.978. The molecule has 0 aliphatic carbocycles. The number of hydrogen-bond acceptors (Lipinski definition) is 4. The first-order chi connectivity index (χ1) is 8.85. The largest absolute Gasteiger partial charge is 0.465 e. The van der Waals surface area contributed by atoms with E-state index in [0.29, 0.717) is 0 Å².